The van der Waals surface area contributed by atoms with Gasteiger partial charge in [0.05, 0.1) is 0 Å². The first kappa shape index (κ1) is 10.4. The van der Waals surface area contributed by atoms with Crippen molar-refractivity contribution in [2.75, 3.05) is 18.1 Å². The SMILES string of the molecule is NC1CC2CCC(C1)N2CC1CCSC1. The second-order valence-electron chi connectivity index (χ2n) is 5.54. The van der Waals surface area contributed by atoms with Gasteiger partial charge in [-0.3, -0.25) is 4.90 Å². The van der Waals surface area contributed by atoms with Gasteiger partial charge in [0.25, 0.3) is 0 Å². The van der Waals surface area contributed by atoms with E-state index in [1.165, 1.54) is 50.2 Å². The summed E-state index contributed by atoms with van der Waals surface area (Å²) in [6, 6.07) is 2.17. The van der Waals surface area contributed by atoms with Gasteiger partial charge in [-0.1, -0.05) is 0 Å². The van der Waals surface area contributed by atoms with Crippen LogP contribution in [0.1, 0.15) is 32.1 Å². The highest BCUT2D eigenvalue weighted by molar-refractivity contribution is 7.99. The van der Waals surface area contributed by atoms with Crippen LogP contribution in [0.15, 0.2) is 0 Å². The molecule has 0 spiro atoms. The van der Waals surface area contributed by atoms with Gasteiger partial charge in [0.2, 0.25) is 0 Å². The van der Waals surface area contributed by atoms with Crippen LogP contribution in [0.4, 0.5) is 0 Å². The van der Waals surface area contributed by atoms with Crippen molar-refractivity contribution in [3.8, 4) is 0 Å². The van der Waals surface area contributed by atoms with E-state index >= 15 is 0 Å². The minimum absolute atomic E-state index is 0.497. The fraction of sp³-hybridized carbons (Fsp3) is 1.00. The summed E-state index contributed by atoms with van der Waals surface area (Å²) >= 11 is 2.14. The Kier molecular flexibility index (Phi) is 2.97. The molecule has 0 aliphatic carbocycles. The molecule has 0 aromatic heterocycles. The van der Waals surface area contributed by atoms with Gasteiger partial charge in [-0.25, -0.2) is 0 Å². The van der Waals surface area contributed by atoms with Gasteiger partial charge in [0, 0.05) is 24.7 Å². The van der Waals surface area contributed by atoms with Crippen LogP contribution in [-0.2, 0) is 0 Å². The van der Waals surface area contributed by atoms with Gasteiger partial charge in [-0.15, -0.1) is 0 Å². The molecule has 0 amide bonds. The van der Waals surface area contributed by atoms with Crippen molar-refractivity contribution in [2.24, 2.45) is 11.7 Å². The highest BCUT2D eigenvalue weighted by Gasteiger charge is 2.40. The zero-order valence-electron chi connectivity index (χ0n) is 9.40. The lowest BCUT2D eigenvalue weighted by molar-refractivity contribution is 0.111. The molecule has 3 saturated heterocycles. The van der Waals surface area contributed by atoms with E-state index in [0.29, 0.717) is 6.04 Å². The maximum absolute atomic E-state index is 6.10. The van der Waals surface area contributed by atoms with E-state index in [1.807, 2.05) is 0 Å². The number of hydrogen-bond donors (Lipinski definition) is 1. The maximum atomic E-state index is 6.10. The van der Waals surface area contributed by atoms with Crippen LogP contribution in [0.2, 0.25) is 0 Å². The van der Waals surface area contributed by atoms with Crippen molar-refractivity contribution in [3.63, 3.8) is 0 Å². The second kappa shape index (κ2) is 4.27. The standard InChI is InChI=1S/C12H22N2S/c13-10-5-11-1-2-12(6-10)14(11)7-9-3-4-15-8-9/h9-12H,1-8,13H2. The summed E-state index contributed by atoms with van der Waals surface area (Å²) < 4.78 is 0. The molecule has 3 unspecified atom stereocenters. The average molecular weight is 226 g/mol. The van der Waals surface area contributed by atoms with Crippen molar-refractivity contribution in [2.45, 2.75) is 50.2 Å². The Morgan fingerprint density at radius 2 is 1.87 bits per heavy atom. The quantitative estimate of drug-likeness (QED) is 0.777. The van der Waals surface area contributed by atoms with Crippen molar-refractivity contribution in [1.82, 2.24) is 4.90 Å². The molecule has 0 aromatic carbocycles. The van der Waals surface area contributed by atoms with Gasteiger partial charge < -0.3 is 5.73 Å². The number of nitrogens with zero attached hydrogens (tertiary/aromatic N) is 1. The molecule has 3 heterocycles. The molecular weight excluding hydrogens is 204 g/mol. The van der Waals surface area contributed by atoms with E-state index in [0.717, 1.165) is 18.0 Å². The maximum Gasteiger partial charge on any atom is 0.0114 e. The van der Waals surface area contributed by atoms with Crippen LogP contribution in [-0.4, -0.2) is 41.1 Å². The lowest BCUT2D eigenvalue weighted by Gasteiger charge is -2.39. The van der Waals surface area contributed by atoms with E-state index in [-0.39, 0.29) is 0 Å². The van der Waals surface area contributed by atoms with Gasteiger partial charge in [0.15, 0.2) is 0 Å². The fourth-order valence-corrected chi connectivity index (χ4v) is 4.91. The lowest BCUT2D eigenvalue weighted by Crippen LogP contribution is -2.49. The molecule has 2 bridgehead atoms. The Morgan fingerprint density at radius 3 is 2.47 bits per heavy atom. The van der Waals surface area contributed by atoms with Gasteiger partial charge in [-0.2, -0.15) is 11.8 Å². The Labute approximate surface area is 97.0 Å². The third kappa shape index (κ3) is 2.06. The second-order valence-corrected chi connectivity index (χ2v) is 6.69. The largest absolute Gasteiger partial charge is 0.328 e. The van der Waals surface area contributed by atoms with Crippen LogP contribution in [0.3, 0.4) is 0 Å². The molecule has 15 heavy (non-hydrogen) atoms. The van der Waals surface area contributed by atoms with Crippen LogP contribution in [0.25, 0.3) is 0 Å². The normalized spacial score (nSPS) is 46.2. The van der Waals surface area contributed by atoms with E-state index < -0.39 is 0 Å². The van der Waals surface area contributed by atoms with E-state index in [4.69, 9.17) is 5.73 Å². The van der Waals surface area contributed by atoms with Crippen molar-refractivity contribution in [1.29, 1.82) is 0 Å². The molecular formula is C12H22N2S. The molecule has 3 aliphatic heterocycles. The van der Waals surface area contributed by atoms with E-state index in [1.54, 1.807) is 0 Å². The first-order valence-corrected chi connectivity index (χ1v) is 7.57. The zero-order chi connectivity index (χ0) is 10.3. The predicted octanol–water partition coefficient (Wildman–Crippen LogP) is 1.69. The molecule has 2 nitrogen and oxygen atoms in total. The number of fused-ring (bicyclic) bond motifs is 2. The van der Waals surface area contributed by atoms with Crippen LogP contribution in [0.5, 0.6) is 0 Å². The highest BCUT2D eigenvalue weighted by atomic mass is 32.2. The van der Waals surface area contributed by atoms with Crippen LogP contribution >= 0.6 is 11.8 Å². The Morgan fingerprint density at radius 1 is 1.13 bits per heavy atom. The Hall–Kier alpha value is 0.270. The molecule has 86 valence electrons. The smallest absolute Gasteiger partial charge is 0.0114 e. The minimum Gasteiger partial charge on any atom is -0.328 e. The molecule has 3 atom stereocenters. The summed E-state index contributed by atoms with van der Waals surface area (Å²) in [6.45, 7) is 1.37. The zero-order valence-corrected chi connectivity index (χ0v) is 10.2. The van der Waals surface area contributed by atoms with Gasteiger partial charge in [0.1, 0.15) is 0 Å². The van der Waals surface area contributed by atoms with Gasteiger partial charge >= 0.3 is 0 Å². The van der Waals surface area contributed by atoms with E-state index in [2.05, 4.69) is 16.7 Å². The molecule has 0 saturated carbocycles. The molecule has 3 fully saturated rings. The van der Waals surface area contributed by atoms with Crippen LogP contribution < -0.4 is 5.73 Å². The Bertz CT molecular complexity index is 214. The highest BCUT2D eigenvalue weighted by Crippen LogP contribution is 2.37. The van der Waals surface area contributed by atoms with Crippen LogP contribution in [0, 0.1) is 5.92 Å². The number of piperidine rings is 1. The summed E-state index contributed by atoms with van der Waals surface area (Å²) in [6.07, 6.45) is 6.80. The summed E-state index contributed by atoms with van der Waals surface area (Å²) in [5.74, 6) is 3.78. The first-order chi connectivity index (χ1) is 7.33. The molecule has 0 radical (unpaired) electrons. The molecule has 0 aromatic rings. The Balaban J connectivity index is 1.61. The summed E-state index contributed by atoms with van der Waals surface area (Å²) in [7, 11) is 0. The number of hydrogen-bond acceptors (Lipinski definition) is 3. The lowest BCUT2D eigenvalue weighted by atomic mass is 9.96. The van der Waals surface area contributed by atoms with Crippen molar-refractivity contribution in [3.05, 3.63) is 0 Å². The molecule has 3 rings (SSSR count). The average Bonchev–Trinajstić information content (AvgIpc) is 2.77. The van der Waals surface area contributed by atoms with Crippen molar-refractivity contribution < 1.29 is 0 Å². The number of thioether (sulfide) groups is 1. The topological polar surface area (TPSA) is 29.3 Å². The first-order valence-electron chi connectivity index (χ1n) is 6.42. The molecule has 3 aliphatic rings. The van der Waals surface area contributed by atoms with E-state index in [9.17, 15) is 0 Å². The summed E-state index contributed by atoms with van der Waals surface area (Å²) in [5, 5.41) is 0. The minimum atomic E-state index is 0.497. The fourth-order valence-electron chi connectivity index (χ4n) is 3.64. The molecule has 3 heteroatoms. The third-order valence-corrected chi connectivity index (χ3v) is 5.65. The third-order valence-electron chi connectivity index (χ3n) is 4.41. The molecule has 2 N–H and O–H groups in total. The number of nitrogens with two attached hydrogens (primary N) is 1. The summed E-state index contributed by atoms with van der Waals surface area (Å²) in [5.41, 5.74) is 6.10. The predicted molar refractivity (Wildman–Crippen MR) is 66.2 cm³/mol. The summed E-state index contributed by atoms with van der Waals surface area (Å²) in [4.78, 5) is 2.81. The monoisotopic (exact) mass is 226 g/mol. The van der Waals surface area contributed by atoms with Gasteiger partial charge in [-0.05, 0) is 49.5 Å². The number of rotatable bonds is 2. The van der Waals surface area contributed by atoms with Crippen molar-refractivity contribution >= 4 is 11.8 Å².